The van der Waals surface area contributed by atoms with E-state index >= 15 is 0 Å². The smallest absolute Gasteiger partial charge is 0.151 e. The second-order valence-corrected chi connectivity index (χ2v) is 3.84. The van der Waals surface area contributed by atoms with E-state index < -0.39 is 0 Å². The zero-order valence-electron chi connectivity index (χ0n) is 7.84. The van der Waals surface area contributed by atoms with Crippen LogP contribution in [0.4, 0.5) is 0 Å². The van der Waals surface area contributed by atoms with E-state index in [1.807, 2.05) is 22.9 Å². The van der Waals surface area contributed by atoms with Crippen molar-refractivity contribution < 1.29 is 9.59 Å². The highest BCUT2D eigenvalue weighted by Gasteiger charge is 2.04. The van der Waals surface area contributed by atoms with Gasteiger partial charge in [-0.15, -0.1) is 0 Å². The third kappa shape index (κ3) is 1.87. The first-order chi connectivity index (χ1) is 7.35. The Morgan fingerprint density at radius 1 is 0.933 bits per heavy atom. The first-order valence-corrected chi connectivity index (χ1v) is 5.36. The SMILES string of the molecule is O=Cc1ccc(-c2cscc2C=O)cc1. The van der Waals surface area contributed by atoms with Crippen LogP contribution < -0.4 is 0 Å². The van der Waals surface area contributed by atoms with Gasteiger partial charge in [-0.25, -0.2) is 0 Å². The molecule has 0 atom stereocenters. The van der Waals surface area contributed by atoms with Gasteiger partial charge in [0.1, 0.15) is 6.29 Å². The molecule has 2 rings (SSSR count). The molecule has 0 amide bonds. The summed E-state index contributed by atoms with van der Waals surface area (Å²) in [5.41, 5.74) is 3.22. The molecule has 1 heterocycles. The average molecular weight is 216 g/mol. The van der Waals surface area contributed by atoms with Crippen LogP contribution in [0.5, 0.6) is 0 Å². The summed E-state index contributed by atoms with van der Waals surface area (Å²) in [4.78, 5) is 21.2. The molecular formula is C12H8O2S. The summed E-state index contributed by atoms with van der Waals surface area (Å²) in [6.07, 6.45) is 1.65. The van der Waals surface area contributed by atoms with Crippen LogP contribution in [-0.2, 0) is 0 Å². The summed E-state index contributed by atoms with van der Waals surface area (Å²) in [5, 5.41) is 3.75. The van der Waals surface area contributed by atoms with Gasteiger partial charge in [0.15, 0.2) is 6.29 Å². The van der Waals surface area contributed by atoms with Crippen molar-refractivity contribution in [1.29, 1.82) is 0 Å². The molecule has 0 unspecified atom stereocenters. The van der Waals surface area contributed by atoms with E-state index in [2.05, 4.69) is 0 Å². The number of rotatable bonds is 3. The molecule has 0 aliphatic rings. The van der Waals surface area contributed by atoms with Crippen molar-refractivity contribution >= 4 is 23.9 Å². The minimum absolute atomic E-state index is 0.640. The summed E-state index contributed by atoms with van der Waals surface area (Å²) in [5.74, 6) is 0. The summed E-state index contributed by atoms with van der Waals surface area (Å²) in [6.45, 7) is 0. The lowest BCUT2D eigenvalue weighted by Gasteiger charge is -1.99. The number of hydrogen-bond donors (Lipinski definition) is 0. The van der Waals surface area contributed by atoms with Gasteiger partial charge >= 0.3 is 0 Å². The fourth-order valence-corrected chi connectivity index (χ4v) is 2.18. The zero-order chi connectivity index (χ0) is 10.7. The first-order valence-electron chi connectivity index (χ1n) is 4.42. The predicted octanol–water partition coefficient (Wildman–Crippen LogP) is 3.04. The number of benzene rings is 1. The number of thiophene rings is 1. The van der Waals surface area contributed by atoms with E-state index in [9.17, 15) is 9.59 Å². The van der Waals surface area contributed by atoms with E-state index in [1.165, 1.54) is 11.3 Å². The molecular weight excluding hydrogens is 208 g/mol. The maximum absolute atomic E-state index is 10.7. The maximum Gasteiger partial charge on any atom is 0.151 e. The first kappa shape index (κ1) is 9.80. The van der Waals surface area contributed by atoms with Crippen molar-refractivity contribution in [2.24, 2.45) is 0 Å². The number of aldehydes is 2. The molecule has 1 aromatic carbocycles. The minimum atomic E-state index is 0.640. The van der Waals surface area contributed by atoms with Gasteiger partial charge in [0, 0.05) is 22.1 Å². The summed E-state index contributed by atoms with van der Waals surface area (Å²) in [7, 11) is 0. The number of carbonyl (C=O) groups excluding carboxylic acids is 2. The van der Waals surface area contributed by atoms with Gasteiger partial charge in [-0.05, 0) is 10.9 Å². The molecule has 0 spiro atoms. The Bertz CT molecular complexity index is 483. The Balaban J connectivity index is 2.45. The standard InChI is InChI=1S/C12H8O2S/c13-5-9-1-3-10(4-2-9)12-8-15-7-11(12)6-14/h1-8H. The Labute approximate surface area is 91.2 Å². The highest BCUT2D eigenvalue weighted by Crippen LogP contribution is 2.26. The fraction of sp³-hybridized carbons (Fsp3) is 0. The van der Waals surface area contributed by atoms with E-state index in [4.69, 9.17) is 0 Å². The van der Waals surface area contributed by atoms with Gasteiger partial charge in [0.2, 0.25) is 0 Å². The van der Waals surface area contributed by atoms with Gasteiger partial charge in [-0.3, -0.25) is 9.59 Å². The van der Waals surface area contributed by atoms with Gasteiger partial charge in [0.05, 0.1) is 0 Å². The molecule has 0 aliphatic carbocycles. The molecule has 74 valence electrons. The quantitative estimate of drug-likeness (QED) is 0.739. The molecule has 3 heteroatoms. The molecule has 0 saturated carbocycles. The van der Waals surface area contributed by atoms with Gasteiger partial charge in [-0.2, -0.15) is 11.3 Å². The van der Waals surface area contributed by atoms with Crippen molar-refractivity contribution in [2.45, 2.75) is 0 Å². The molecule has 0 saturated heterocycles. The van der Waals surface area contributed by atoms with Crippen LogP contribution >= 0.6 is 11.3 Å². The Morgan fingerprint density at radius 2 is 1.67 bits per heavy atom. The topological polar surface area (TPSA) is 34.1 Å². The van der Waals surface area contributed by atoms with Crippen LogP contribution in [0.1, 0.15) is 20.7 Å². The molecule has 15 heavy (non-hydrogen) atoms. The monoisotopic (exact) mass is 216 g/mol. The van der Waals surface area contributed by atoms with Crippen molar-refractivity contribution in [1.82, 2.24) is 0 Å². The van der Waals surface area contributed by atoms with Crippen LogP contribution in [0, 0.1) is 0 Å². The van der Waals surface area contributed by atoms with Crippen molar-refractivity contribution in [3.05, 3.63) is 46.2 Å². The van der Waals surface area contributed by atoms with Crippen LogP contribution in [-0.4, -0.2) is 12.6 Å². The average Bonchev–Trinajstić information content (AvgIpc) is 2.77. The third-order valence-corrected chi connectivity index (χ3v) is 2.94. The lowest BCUT2D eigenvalue weighted by Crippen LogP contribution is -1.83. The molecule has 2 nitrogen and oxygen atoms in total. The van der Waals surface area contributed by atoms with Crippen LogP contribution in [0.25, 0.3) is 11.1 Å². The lowest BCUT2D eigenvalue weighted by atomic mass is 10.0. The molecule has 1 aromatic heterocycles. The van der Waals surface area contributed by atoms with Crippen LogP contribution in [0.2, 0.25) is 0 Å². The van der Waals surface area contributed by atoms with Crippen molar-refractivity contribution in [2.75, 3.05) is 0 Å². The lowest BCUT2D eigenvalue weighted by molar-refractivity contribution is 0.111. The second-order valence-electron chi connectivity index (χ2n) is 3.10. The summed E-state index contributed by atoms with van der Waals surface area (Å²) >= 11 is 1.49. The molecule has 0 N–H and O–H groups in total. The maximum atomic E-state index is 10.7. The second kappa shape index (κ2) is 4.19. The highest BCUT2D eigenvalue weighted by atomic mass is 32.1. The van der Waals surface area contributed by atoms with Crippen molar-refractivity contribution in [3.63, 3.8) is 0 Å². The summed E-state index contributed by atoms with van der Waals surface area (Å²) in [6, 6.07) is 7.18. The van der Waals surface area contributed by atoms with E-state index in [-0.39, 0.29) is 0 Å². The molecule has 0 aliphatic heterocycles. The van der Waals surface area contributed by atoms with Gasteiger partial charge in [0.25, 0.3) is 0 Å². The largest absolute Gasteiger partial charge is 0.298 e. The van der Waals surface area contributed by atoms with Crippen LogP contribution in [0.15, 0.2) is 35.0 Å². The Kier molecular flexibility index (Phi) is 2.74. The fourth-order valence-electron chi connectivity index (χ4n) is 1.37. The number of carbonyl (C=O) groups is 2. The molecule has 0 radical (unpaired) electrons. The normalized spacial score (nSPS) is 9.87. The zero-order valence-corrected chi connectivity index (χ0v) is 8.66. The molecule has 0 bridgehead atoms. The van der Waals surface area contributed by atoms with E-state index in [0.717, 1.165) is 23.7 Å². The highest BCUT2D eigenvalue weighted by molar-refractivity contribution is 7.08. The van der Waals surface area contributed by atoms with Gasteiger partial charge in [-0.1, -0.05) is 24.3 Å². The van der Waals surface area contributed by atoms with Gasteiger partial charge < -0.3 is 0 Å². The van der Waals surface area contributed by atoms with E-state index in [1.54, 1.807) is 12.1 Å². The predicted molar refractivity (Wildman–Crippen MR) is 60.5 cm³/mol. The Morgan fingerprint density at radius 3 is 2.27 bits per heavy atom. The third-order valence-electron chi connectivity index (χ3n) is 2.18. The van der Waals surface area contributed by atoms with Crippen molar-refractivity contribution in [3.8, 4) is 11.1 Å². The van der Waals surface area contributed by atoms with E-state index in [0.29, 0.717) is 11.1 Å². The molecule has 2 aromatic rings. The van der Waals surface area contributed by atoms with Crippen LogP contribution in [0.3, 0.4) is 0 Å². The summed E-state index contributed by atoms with van der Waals surface area (Å²) < 4.78 is 0. The molecule has 0 fully saturated rings. The Hall–Kier alpha value is -1.74. The number of hydrogen-bond acceptors (Lipinski definition) is 3. The minimum Gasteiger partial charge on any atom is -0.298 e.